The molecule has 128 valence electrons. The number of primary amides is 1. The quantitative estimate of drug-likeness (QED) is 0.840. The van der Waals surface area contributed by atoms with Gasteiger partial charge in [0.1, 0.15) is 5.82 Å². The topological polar surface area (TPSA) is 79.5 Å². The van der Waals surface area contributed by atoms with E-state index < -0.39 is 11.5 Å². The molecule has 1 aromatic rings. The van der Waals surface area contributed by atoms with E-state index in [1.165, 1.54) is 6.42 Å². The lowest BCUT2D eigenvalue weighted by atomic mass is 9.60. The predicted octanol–water partition coefficient (Wildman–Crippen LogP) is 1.19. The van der Waals surface area contributed by atoms with E-state index >= 15 is 0 Å². The van der Waals surface area contributed by atoms with Crippen LogP contribution in [0.3, 0.4) is 0 Å². The van der Waals surface area contributed by atoms with Crippen molar-refractivity contribution < 1.29 is 9.59 Å². The summed E-state index contributed by atoms with van der Waals surface area (Å²) in [7, 11) is 3.76. The van der Waals surface area contributed by atoms with Gasteiger partial charge < -0.3 is 5.73 Å². The number of amides is 2. The first-order valence-corrected chi connectivity index (χ1v) is 8.72. The van der Waals surface area contributed by atoms with Gasteiger partial charge in [0.05, 0.1) is 11.5 Å². The maximum absolute atomic E-state index is 13.5. The van der Waals surface area contributed by atoms with E-state index in [2.05, 4.69) is 9.88 Å². The van der Waals surface area contributed by atoms with Gasteiger partial charge in [0, 0.05) is 24.3 Å². The largest absolute Gasteiger partial charge is 0.368 e. The normalized spacial score (nSPS) is 31.8. The Morgan fingerprint density at radius 1 is 1.29 bits per heavy atom. The Morgan fingerprint density at radius 2 is 2.00 bits per heavy atom. The number of likely N-dealkylation sites (tertiary alicyclic amines) is 1. The van der Waals surface area contributed by atoms with Gasteiger partial charge in [0.15, 0.2) is 0 Å². The number of anilines is 1. The van der Waals surface area contributed by atoms with E-state index in [0.717, 1.165) is 37.1 Å². The third-order valence-electron chi connectivity index (χ3n) is 6.68. The molecule has 0 radical (unpaired) electrons. The van der Waals surface area contributed by atoms with Crippen molar-refractivity contribution in [2.24, 2.45) is 5.73 Å². The highest BCUT2D eigenvalue weighted by Crippen LogP contribution is 2.60. The first-order valence-electron chi connectivity index (χ1n) is 8.72. The van der Waals surface area contributed by atoms with Crippen molar-refractivity contribution in [1.82, 2.24) is 9.88 Å². The van der Waals surface area contributed by atoms with Crippen LogP contribution in [-0.2, 0) is 15.0 Å². The lowest BCUT2D eigenvalue weighted by Gasteiger charge is -2.49. The average Bonchev–Trinajstić information content (AvgIpc) is 2.97. The Labute approximate surface area is 142 Å². The number of nitrogens with zero attached hydrogens (tertiary/aromatic N) is 3. The molecule has 1 saturated carbocycles. The van der Waals surface area contributed by atoms with Gasteiger partial charge in [0.25, 0.3) is 0 Å². The maximum Gasteiger partial charge on any atom is 0.240 e. The number of likely N-dealkylation sites (N-methyl/N-ethyl adjacent to an activating group) is 2. The number of hydrogen-bond donors (Lipinski definition) is 1. The van der Waals surface area contributed by atoms with Gasteiger partial charge in [-0.3, -0.25) is 19.4 Å². The molecule has 3 heterocycles. The van der Waals surface area contributed by atoms with Crippen LogP contribution >= 0.6 is 0 Å². The second kappa shape index (κ2) is 5.02. The second-order valence-corrected chi connectivity index (χ2v) is 7.47. The molecule has 0 bridgehead atoms. The molecule has 2 amide bonds. The van der Waals surface area contributed by atoms with Crippen LogP contribution in [0.4, 0.5) is 5.82 Å². The van der Waals surface area contributed by atoms with Crippen LogP contribution < -0.4 is 10.6 Å². The third kappa shape index (κ3) is 1.62. The Bertz CT molecular complexity index is 713. The molecule has 2 fully saturated rings. The van der Waals surface area contributed by atoms with Gasteiger partial charge in [-0.2, -0.15) is 0 Å². The van der Waals surface area contributed by atoms with E-state index in [1.54, 1.807) is 18.1 Å². The fourth-order valence-corrected chi connectivity index (χ4v) is 5.57. The molecule has 2 aliphatic heterocycles. The molecule has 2 N–H and O–H groups in total. The van der Waals surface area contributed by atoms with E-state index in [0.29, 0.717) is 6.42 Å². The van der Waals surface area contributed by atoms with Crippen molar-refractivity contribution in [3.63, 3.8) is 0 Å². The first-order chi connectivity index (χ1) is 11.5. The van der Waals surface area contributed by atoms with Gasteiger partial charge in [-0.25, -0.2) is 4.98 Å². The summed E-state index contributed by atoms with van der Waals surface area (Å²) in [6.07, 6.45) is 7.34. The lowest BCUT2D eigenvalue weighted by molar-refractivity contribution is -0.128. The zero-order chi connectivity index (χ0) is 17.1. The van der Waals surface area contributed by atoms with Crippen molar-refractivity contribution in [3.8, 4) is 0 Å². The lowest BCUT2D eigenvalue weighted by Crippen LogP contribution is -2.60. The molecule has 1 aromatic heterocycles. The van der Waals surface area contributed by atoms with Crippen LogP contribution in [0, 0.1) is 0 Å². The van der Waals surface area contributed by atoms with Crippen molar-refractivity contribution in [2.75, 3.05) is 19.0 Å². The minimum Gasteiger partial charge on any atom is -0.368 e. The van der Waals surface area contributed by atoms with Gasteiger partial charge in [-0.05, 0) is 32.4 Å². The monoisotopic (exact) mass is 328 g/mol. The second-order valence-electron chi connectivity index (χ2n) is 7.47. The summed E-state index contributed by atoms with van der Waals surface area (Å²) < 4.78 is 0. The summed E-state index contributed by atoms with van der Waals surface area (Å²) >= 11 is 0. The Hall–Kier alpha value is -1.95. The smallest absolute Gasteiger partial charge is 0.240 e. The SMILES string of the molecule is CN1C(=O)C2(CC(C(N)=O)N(C)C23CCCCC3)c2cccnc21. The summed E-state index contributed by atoms with van der Waals surface area (Å²) in [6, 6.07) is 3.49. The molecule has 3 aliphatic rings. The number of rotatable bonds is 1. The summed E-state index contributed by atoms with van der Waals surface area (Å²) in [5.41, 5.74) is 5.62. The number of carbonyl (C=O) groups excluding carboxylic acids is 2. The van der Waals surface area contributed by atoms with Crippen LogP contribution in [0.1, 0.15) is 44.1 Å². The fraction of sp³-hybridized carbons (Fsp3) is 0.611. The summed E-state index contributed by atoms with van der Waals surface area (Å²) in [5.74, 6) is 0.451. The molecule has 2 spiro atoms. The molecule has 2 atom stereocenters. The van der Waals surface area contributed by atoms with E-state index in [9.17, 15) is 9.59 Å². The Morgan fingerprint density at radius 3 is 2.67 bits per heavy atom. The summed E-state index contributed by atoms with van der Waals surface area (Å²) in [4.78, 5) is 33.8. The maximum atomic E-state index is 13.5. The third-order valence-corrected chi connectivity index (χ3v) is 6.68. The van der Waals surface area contributed by atoms with Crippen molar-refractivity contribution in [3.05, 3.63) is 23.9 Å². The summed E-state index contributed by atoms with van der Waals surface area (Å²) in [6.45, 7) is 0. The van der Waals surface area contributed by atoms with Gasteiger partial charge >= 0.3 is 0 Å². The Balaban J connectivity index is 1.97. The average molecular weight is 328 g/mol. The first kappa shape index (κ1) is 15.6. The number of carbonyl (C=O) groups is 2. The fourth-order valence-electron chi connectivity index (χ4n) is 5.57. The Kier molecular flexibility index (Phi) is 3.26. The van der Waals surface area contributed by atoms with Crippen molar-refractivity contribution >= 4 is 17.6 Å². The molecule has 24 heavy (non-hydrogen) atoms. The number of hydrogen-bond acceptors (Lipinski definition) is 4. The minimum atomic E-state index is -0.708. The van der Waals surface area contributed by atoms with Crippen molar-refractivity contribution in [1.29, 1.82) is 0 Å². The highest BCUT2D eigenvalue weighted by atomic mass is 16.2. The van der Waals surface area contributed by atoms with Crippen LogP contribution in [0.15, 0.2) is 18.3 Å². The molecule has 6 heteroatoms. The molecule has 1 saturated heterocycles. The van der Waals surface area contributed by atoms with E-state index in [4.69, 9.17) is 5.73 Å². The highest BCUT2D eigenvalue weighted by Gasteiger charge is 2.70. The molecule has 1 aliphatic carbocycles. The van der Waals surface area contributed by atoms with Crippen molar-refractivity contribution in [2.45, 2.75) is 55.5 Å². The number of fused-ring (bicyclic) bond motifs is 3. The highest BCUT2D eigenvalue weighted by molar-refractivity contribution is 6.09. The van der Waals surface area contributed by atoms with Crippen LogP contribution in [0.2, 0.25) is 0 Å². The zero-order valence-electron chi connectivity index (χ0n) is 14.3. The molecule has 0 aromatic carbocycles. The van der Waals surface area contributed by atoms with Gasteiger partial charge in [0.2, 0.25) is 11.8 Å². The predicted molar refractivity (Wildman–Crippen MR) is 90.5 cm³/mol. The number of pyridine rings is 1. The van der Waals surface area contributed by atoms with Gasteiger partial charge in [-0.15, -0.1) is 0 Å². The molecule has 4 rings (SSSR count). The zero-order valence-corrected chi connectivity index (χ0v) is 14.3. The molecule has 2 unspecified atom stereocenters. The van der Waals surface area contributed by atoms with E-state index in [1.807, 2.05) is 19.2 Å². The minimum absolute atomic E-state index is 0.0636. The molecular weight excluding hydrogens is 304 g/mol. The van der Waals surface area contributed by atoms with Gasteiger partial charge in [-0.1, -0.05) is 25.3 Å². The summed E-state index contributed by atoms with van der Waals surface area (Å²) in [5, 5.41) is 0. The standard InChI is InChI=1S/C18H24N4O2/c1-21-15-12(7-6-10-20-15)18(16(21)24)11-13(14(19)23)22(2)17(18)8-4-3-5-9-17/h6-7,10,13H,3-5,8-9,11H2,1-2H3,(H2,19,23). The van der Waals surface area contributed by atoms with Crippen LogP contribution in [0.25, 0.3) is 0 Å². The van der Waals surface area contributed by atoms with Crippen LogP contribution in [0.5, 0.6) is 0 Å². The number of aromatic nitrogens is 1. The van der Waals surface area contributed by atoms with Crippen LogP contribution in [-0.4, -0.2) is 47.4 Å². The van der Waals surface area contributed by atoms with E-state index in [-0.39, 0.29) is 17.4 Å². The number of nitrogens with two attached hydrogens (primary N) is 1. The molecular formula is C18H24N4O2. The molecule has 6 nitrogen and oxygen atoms in total.